The van der Waals surface area contributed by atoms with Crippen LogP contribution < -0.4 is 0 Å². The van der Waals surface area contributed by atoms with Gasteiger partial charge in [0, 0.05) is 18.9 Å². The molecular formula is C22H29NO5. The summed E-state index contributed by atoms with van der Waals surface area (Å²) in [6.07, 6.45) is 10.1. The van der Waals surface area contributed by atoms with E-state index in [2.05, 4.69) is 11.2 Å². The number of phenolic OH excluding ortho intramolecular Hbond substituents is 2. The maximum atomic E-state index is 12.9. The quantitative estimate of drug-likeness (QED) is 0.452. The summed E-state index contributed by atoms with van der Waals surface area (Å²) >= 11 is 0. The number of phenols is 2. The Labute approximate surface area is 166 Å². The molecule has 6 nitrogen and oxygen atoms in total. The molecule has 1 aromatic carbocycles. The van der Waals surface area contributed by atoms with Gasteiger partial charge in [-0.05, 0) is 43.4 Å². The first-order valence-corrected chi connectivity index (χ1v) is 9.68. The Morgan fingerprint density at radius 2 is 1.96 bits per heavy atom. The number of esters is 1. The predicted molar refractivity (Wildman–Crippen MR) is 109 cm³/mol. The minimum Gasteiger partial charge on any atom is -0.508 e. The Balaban J connectivity index is 2.49. The first-order chi connectivity index (χ1) is 13.4. The average Bonchev–Trinajstić information content (AvgIpc) is 2.62. The van der Waals surface area contributed by atoms with Crippen LogP contribution in [0.3, 0.4) is 0 Å². The fraction of sp³-hybridized carbons (Fsp3) is 0.455. The van der Waals surface area contributed by atoms with E-state index in [0.29, 0.717) is 24.3 Å². The first-order valence-electron chi connectivity index (χ1n) is 9.68. The van der Waals surface area contributed by atoms with E-state index in [0.717, 1.165) is 18.9 Å². The third kappa shape index (κ3) is 6.15. The molecule has 0 unspecified atom stereocenters. The van der Waals surface area contributed by atoms with Crippen LogP contribution in [0.5, 0.6) is 11.5 Å². The number of fused-ring (bicyclic) bond motifs is 1. The highest BCUT2D eigenvalue weighted by Crippen LogP contribution is 2.30. The summed E-state index contributed by atoms with van der Waals surface area (Å²) < 4.78 is 5.70. The van der Waals surface area contributed by atoms with Gasteiger partial charge >= 0.3 is 5.97 Å². The van der Waals surface area contributed by atoms with E-state index >= 15 is 0 Å². The second-order valence-electron chi connectivity index (χ2n) is 7.05. The van der Waals surface area contributed by atoms with Gasteiger partial charge in [-0.1, -0.05) is 37.2 Å². The molecule has 0 saturated heterocycles. The van der Waals surface area contributed by atoms with E-state index in [-0.39, 0.29) is 35.5 Å². The zero-order valence-corrected chi connectivity index (χ0v) is 16.7. The van der Waals surface area contributed by atoms with Gasteiger partial charge in [-0.2, -0.15) is 0 Å². The van der Waals surface area contributed by atoms with Crippen molar-refractivity contribution in [3.63, 3.8) is 0 Å². The first kappa shape index (κ1) is 21.5. The number of hydrogen-bond donors (Lipinski definition) is 2. The summed E-state index contributed by atoms with van der Waals surface area (Å²) in [5.74, 6) is -0.936. The van der Waals surface area contributed by atoms with Crippen molar-refractivity contribution in [2.24, 2.45) is 11.1 Å². The van der Waals surface area contributed by atoms with Crippen molar-refractivity contribution in [2.45, 2.75) is 52.6 Å². The Kier molecular flexibility index (Phi) is 8.11. The van der Waals surface area contributed by atoms with E-state index in [4.69, 9.17) is 9.57 Å². The minimum atomic E-state index is -0.614. The standard InChI is InChI=1S/C22H29NO5/c1-4-27-23-17-10-8-6-5-7-9-11-20(15(2)3)28-22(26)21-16(12-17)13-18(24)14-19(21)25/h7-10,13-15,20,24-25H,4-6,11-12H2,1-3H3/b9-7+,10-8+,23-17+/t20-/m0/s1. The summed E-state index contributed by atoms with van der Waals surface area (Å²) in [6.45, 7) is 6.22. The van der Waals surface area contributed by atoms with Crippen LogP contribution in [-0.4, -0.2) is 34.6 Å². The number of aromatic hydroxyl groups is 2. The SMILES string of the molecule is CCO/N=C1\C=C\CC/C=C/C[C@@H](C(C)C)OC(=O)c2c(O)cc(O)cc2C1. The molecule has 1 aromatic rings. The summed E-state index contributed by atoms with van der Waals surface area (Å²) in [7, 11) is 0. The van der Waals surface area contributed by atoms with Crippen molar-refractivity contribution < 1.29 is 24.6 Å². The van der Waals surface area contributed by atoms with E-state index in [1.807, 2.05) is 39.0 Å². The molecule has 28 heavy (non-hydrogen) atoms. The van der Waals surface area contributed by atoms with Crippen molar-refractivity contribution in [3.8, 4) is 11.5 Å². The average molecular weight is 387 g/mol. The van der Waals surface area contributed by atoms with Gasteiger partial charge in [0.25, 0.3) is 0 Å². The zero-order valence-electron chi connectivity index (χ0n) is 16.7. The van der Waals surface area contributed by atoms with Crippen LogP contribution in [0.15, 0.2) is 41.6 Å². The van der Waals surface area contributed by atoms with Crippen molar-refractivity contribution in [1.82, 2.24) is 0 Å². The molecule has 1 aliphatic heterocycles. The van der Waals surface area contributed by atoms with Crippen molar-refractivity contribution in [2.75, 3.05) is 6.61 Å². The van der Waals surface area contributed by atoms with E-state index in [9.17, 15) is 15.0 Å². The lowest BCUT2D eigenvalue weighted by Gasteiger charge is -2.21. The number of cyclic esters (lactones) is 1. The van der Waals surface area contributed by atoms with Gasteiger partial charge in [-0.15, -0.1) is 0 Å². The highest BCUT2D eigenvalue weighted by Gasteiger charge is 2.24. The molecular weight excluding hydrogens is 358 g/mol. The smallest absolute Gasteiger partial charge is 0.342 e. The predicted octanol–water partition coefficient (Wildman–Crippen LogP) is 4.51. The molecule has 1 heterocycles. The largest absolute Gasteiger partial charge is 0.508 e. The minimum absolute atomic E-state index is 0.0436. The number of allylic oxidation sites excluding steroid dienone is 3. The van der Waals surface area contributed by atoms with Crippen LogP contribution >= 0.6 is 0 Å². The molecule has 0 aromatic heterocycles. The van der Waals surface area contributed by atoms with Crippen LogP contribution in [0.1, 0.15) is 56.0 Å². The van der Waals surface area contributed by atoms with Crippen molar-refractivity contribution >= 4 is 11.7 Å². The molecule has 6 heteroatoms. The fourth-order valence-corrected chi connectivity index (χ4v) is 2.92. The van der Waals surface area contributed by atoms with Crippen LogP contribution in [0.25, 0.3) is 0 Å². The van der Waals surface area contributed by atoms with E-state index in [1.54, 1.807) is 0 Å². The fourth-order valence-electron chi connectivity index (χ4n) is 2.92. The maximum absolute atomic E-state index is 12.9. The molecule has 1 atom stereocenters. The molecule has 0 bridgehead atoms. The summed E-state index contributed by atoms with van der Waals surface area (Å²) in [5, 5.41) is 24.3. The van der Waals surface area contributed by atoms with Gasteiger partial charge in [0.05, 0.1) is 5.71 Å². The Morgan fingerprint density at radius 1 is 1.21 bits per heavy atom. The number of oxime groups is 1. The molecule has 1 aliphatic rings. The van der Waals surface area contributed by atoms with Crippen LogP contribution in [0.2, 0.25) is 0 Å². The van der Waals surface area contributed by atoms with Gasteiger partial charge in [0.1, 0.15) is 29.8 Å². The van der Waals surface area contributed by atoms with Gasteiger partial charge in [0.2, 0.25) is 0 Å². The third-order valence-electron chi connectivity index (χ3n) is 4.42. The van der Waals surface area contributed by atoms with Crippen LogP contribution in [0.4, 0.5) is 0 Å². The van der Waals surface area contributed by atoms with Crippen molar-refractivity contribution in [1.29, 1.82) is 0 Å². The molecule has 2 N–H and O–H groups in total. The molecule has 0 saturated carbocycles. The van der Waals surface area contributed by atoms with Gasteiger partial charge in [0.15, 0.2) is 0 Å². The zero-order chi connectivity index (χ0) is 20.5. The third-order valence-corrected chi connectivity index (χ3v) is 4.42. The van der Waals surface area contributed by atoms with Gasteiger partial charge < -0.3 is 19.8 Å². The van der Waals surface area contributed by atoms with E-state index < -0.39 is 5.97 Å². The molecule has 0 fully saturated rings. The molecule has 0 aliphatic carbocycles. The van der Waals surface area contributed by atoms with Crippen molar-refractivity contribution in [3.05, 3.63) is 47.6 Å². The number of ether oxygens (including phenoxy) is 1. The number of benzene rings is 1. The van der Waals surface area contributed by atoms with Crippen LogP contribution in [-0.2, 0) is 16.0 Å². The summed E-state index contributed by atoms with van der Waals surface area (Å²) in [4.78, 5) is 18.0. The molecule has 0 spiro atoms. The monoisotopic (exact) mass is 387 g/mol. The van der Waals surface area contributed by atoms with E-state index in [1.165, 1.54) is 6.07 Å². The highest BCUT2D eigenvalue weighted by atomic mass is 16.6. The molecule has 0 radical (unpaired) electrons. The number of carbonyl (C=O) groups excluding carboxylic acids is 1. The summed E-state index contributed by atoms with van der Waals surface area (Å²) in [5.41, 5.74) is 1.06. The lowest BCUT2D eigenvalue weighted by molar-refractivity contribution is 0.0189. The highest BCUT2D eigenvalue weighted by molar-refractivity contribution is 6.00. The Bertz CT molecular complexity index is 764. The molecule has 0 amide bonds. The second-order valence-corrected chi connectivity index (χ2v) is 7.05. The maximum Gasteiger partial charge on any atom is 0.342 e. The Morgan fingerprint density at radius 3 is 2.68 bits per heavy atom. The second kappa shape index (κ2) is 10.5. The lowest BCUT2D eigenvalue weighted by atomic mass is 9.98. The number of carbonyl (C=O) groups is 1. The lowest BCUT2D eigenvalue weighted by Crippen LogP contribution is -2.24. The topological polar surface area (TPSA) is 88.4 Å². The normalized spacial score (nSPS) is 22.2. The van der Waals surface area contributed by atoms with Gasteiger partial charge in [-0.3, -0.25) is 0 Å². The van der Waals surface area contributed by atoms with Crippen LogP contribution in [0, 0.1) is 5.92 Å². The van der Waals surface area contributed by atoms with Gasteiger partial charge in [-0.25, -0.2) is 4.79 Å². The summed E-state index contributed by atoms with van der Waals surface area (Å²) in [6, 6.07) is 2.59. The Hall–Kier alpha value is -2.76. The molecule has 2 rings (SSSR count). The number of hydrogen-bond acceptors (Lipinski definition) is 6. The molecule has 152 valence electrons. The number of rotatable bonds is 3. The number of nitrogens with zero attached hydrogens (tertiary/aromatic N) is 1.